The zero-order chi connectivity index (χ0) is 22.8. The molecule has 3 heterocycles. The number of amides is 2. The van der Waals surface area contributed by atoms with Gasteiger partial charge in [-0.15, -0.1) is 5.10 Å². The molecule has 0 saturated carbocycles. The molecule has 0 spiro atoms. The van der Waals surface area contributed by atoms with Crippen LogP contribution < -0.4 is 0 Å². The number of rotatable bonds is 5. The fourth-order valence-electron chi connectivity index (χ4n) is 3.87. The van der Waals surface area contributed by atoms with Crippen molar-refractivity contribution in [2.24, 2.45) is 5.92 Å². The SMILES string of the molecule is Cc1cc(C)n2nc(SCc3ccccc3C(=O)N3CCN(C(=O)C(C)C)CC3)nc2n1. The maximum atomic E-state index is 13.2. The minimum Gasteiger partial charge on any atom is -0.339 e. The third-order valence-corrected chi connectivity index (χ3v) is 6.46. The van der Waals surface area contributed by atoms with Crippen molar-refractivity contribution in [1.29, 1.82) is 0 Å². The average Bonchev–Trinajstić information content (AvgIpc) is 3.20. The normalized spacial score (nSPS) is 14.4. The first-order valence-electron chi connectivity index (χ1n) is 10.8. The molecule has 9 heteroatoms. The van der Waals surface area contributed by atoms with Crippen molar-refractivity contribution < 1.29 is 9.59 Å². The summed E-state index contributed by atoms with van der Waals surface area (Å²) in [6.07, 6.45) is 0. The molecule has 2 amide bonds. The van der Waals surface area contributed by atoms with Crippen LogP contribution in [-0.2, 0) is 10.5 Å². The summed E-state index contributed by atoms with van der Waals surface area (Å²) in [7, 11) is 0. The summed E-state index contributed by atoms with van der Waals surface area (Å²) in [5.74, 6) is 1.31. The van der Waals surface area contributed by atoms with Crippen LogP contribution in [0.4, 0.5) is 0 Å². The molecule has 0 radical (unpaired) electrons. The maximum absolute atomic E-state index is 13.2. The third kappa shape index (κ3) is 4.62. The largest absolute Gasteiger partial charge is 0.339 e. The van der Waals surface area contributed by atoms with Gasteiger partial charge in [0.15, 0.2) is 0 Å². The van der Waals surface area contributed by atoms with Crippen LogP contribution in [0, 0.1) is 19.8 Å². The summed E-state index contributed by atoms with van der Waals surface area (Å²) in [5.41, 5.74) is 3.53. The van der Waals surface area contributed by atoms with E-state index in [2.05, 4.69) is 15.1 Å². The Morgan fingerprint density at radius 3 is 2.44 bits per heavy atom. The standard InChI is InChI=1S/C23H28N6O2S/c1-15(2)20(30)27-9-11-28(12-10-27)21(31)19-8-6-5-7-18(19)14-32-23-25-22-24-16(3)13-17(4)29(22)26-23/h5-8,13,15H,9-12,14H2,1-4H3. The second-order valence-corrected chi connectivity index (χ2v) is 9.31. The lowest BCUT2D eigenvalue weighted by Gasteiger charge is -2.36. The van der Waals surface area contributed by atoms with E-state index in [1.54, 1.807) is 4.52 Å². The summed E-state index contributed by atoms with van der Waals surface area (Å²) in [5, 5.41) is 5.18. The molecule has 1 fully saturated rings. The molecule has 8 nitrogen and oxygen atoms in total. The van der Waals surface area contributed by atoms with Crippen molar-refractivity contribution in [3.63, 3.8) is 0 Å². The summed E-state index contributed by atoms with van der Waals surface area (Å²) >= 11 is 1.49. The Hall–Kier alpha value is -2.94. The maximum Gasteiger partial charge on any atom is 0.254 e. The van der Waals surface area contributed by atoms with Crippen LogP contribution in [0.3, 0.4) is 0 Å². The van der Waals surface area contributed by atoms with Gasteiger partial charge < -0.3 is 9.80 Å². The monoisotopic (exact) mass is 452 g/mol. The van der Waals surface area contributed by atoms with Gasteiger partial charge in [0.1, 0.15) is 0 Å². The predicted molar refractivity (Wildman–Crippen MR) is 124 cm³/mol. The molecule has 0 N–H and O–H groups in total. The van der Waals surface area contributed by atoms with Crippen molar-refractivity contribution in [1.82, 2.24) is 29.4 Å². The molecule has 1 aromatic carbocycles. The zero-order valence-electron chi connectivity index (χ0n) is 18.9. The highest BCUT2D eigenvalue weighted by Gasteiger charge is 2.27. The quantitative estimate of drug-likeness (QED) is 0.554. The number of fused-ring (bicyclic) bond motifs is 1. The Balaban J connectivity index is 1.45. The molecule has 0 unspecified atom stereocenters. The van der Waals surface area contributed by atoms with E-state index in [9.17, 15) is 9.59 Å². The van der Waals surface area contributed by atoms with E-state index in [1.807, 2.05) is 67.8 Å². The highest BCUT2D eigenvalue weighted by Crippen LogP contribution is 2.24. The smallest absolute Gasteiger partial charge is 0.254 e. The lowest BCUT2D eigenvalue weighted by Crippen LogP contribution is -2.51. The van der Waals surface area contributed by atoms with Gasteiger partial charge >= 0.3 is 0 Å². The molecule has 2 aromatic heterocycles. The fraction of sp³-hybridized carbons (Fsp3) is 0.435. The van der Waals surface area contributed by atoms with E-state index in [4.69, 9.17) is 0 Å². The first-order valence-corrected chi connectivity index (χ1v) is 11.8. The van der Waals surface area contributed by atoms with Crippen molar-refractivity contribution in [3.05, 3.63) is 52.8 Å². The second kappa shape index (κ2) is 9.28. The molecule has 0 aliphatic carbocycles. The van der Waals surface area contributed by atoms with Crippen LogP contribution in [-0.4, -0.2) is 67.4 Å². The number of benzene rings is 1. The Bertz CT molecular complexity index is 1150. The highest BCUT2D eigenvalue weighted by atomic mass is 32.2. The van der Waals surface area contributed by atoms with Gasteiger partial charge in [0.05, 0.1) is 0 Å². The van der Waals surface area contributed by atoms with E-state index in [0.717, 1.165) is 17.0 Å². The molecule has 32 heavy (non-hydrogen) atoms. The van der Waals surface area contributed by atoms with E-state index in [1.165, 1.54) is 11.8 Å². The number of aryl methyl sites for hydroxylation is 2. The van der Waals surface area contributed by atoms with E-state index in [0.29, 0.717) is 48.4 Å². The van der Waals surface area contributed by atoms with Crippen molar-refractivity contribution in [2.75, 3.05) is 26.2 Å². The molecule has 0 bridgehead atoms. The summed E-state index contributed by atoms with van der Waals surface area (Å²) < 4.78 is 1.74. The van der Waals surface area contributed by atoms with Crippen LogP contribution in [0.1, 0.15) is 41.2 Å². The van der Waals surface area contributed by atoms with Gasteiger partial charge in [0.2, 0.25) is 11.1 Å². The van der Waals surface area contributed by atoms with Gasteiger partial charge in [-0.05, 0) is 31.5 Å². The molecule has 4 rings (SSSR count). The number of carbonyl (C=O) groups excluding carboxylic acids is 2. The van der Waals surface area contributed by atoms with Crippen molar-refractivity contribution in [2.45, 2.75) is 38.6 Å². The van der Waals surface area contributed by atoms with Gasteiger partial charge in [-0.1, -0.05) is 43.8 Å². The Labute approximate surface area is 192 Å². The van der Waals surface area contributed by atoms with E-state index in [-0.39, 0.29) is 17.7 Å². The number of carbonyl (C=O) groups is 2. The van der Waals surface area contributed by atoms with Crippen LogP contribution in [0.2, 0.25) is 0 Å². The van der Waals surface area contributed by atoms with E-state index < -0.39 is 0 Å². The van der Waals surface area contributed by atoms with Crippen LogP contribution in [0.15, 0.2) is 35.5 Å². The van der Waals surface area contributed by atoms with Crippen molar-refractivity contribution >= 4 is 29.4 Å². The molecule has 0 atom stereocenters. The molecule has 1 aliphatic rings. The van der Waals surface area contributed by atoms with Crippen LogP contribution in [0.5, 0.6) is 0 Å². The van der Waals surface area contributed by atoms with Gasteiger partial charge in [-0.2, -0.15) is 4.98 Å². The second-order valence-electron chi connectivity index (χ2n) is 8.36. The Morgan fingerprint density at radius 2 is 1.72 bits per heavy atom. The Kier molecular flexibility index (Phi) is 6.45. The number of thioether (sulfide) groups is 1. The fourth-order valence-corrected chi connectivity index (χ4v) is 4.69. The van der Waals surface area contributed by atoms with Crippen LogP contribution in [0.25, 0.3) is 5.78 Å². The first kappa shape index (κ1) is 22.3. The van der Waals surface area contributed by atoms with Gasteiger partial charge in [-0.25, -0.2) is 9.50 Å². The molecule has 168 valence electrons. The topological polar surface area (TPSA) is 83.7 Å². The minimum absolute atomic E-state index is 0.00828. The lowest BCUT2D eigenvalue weighted by atomic mass is 10.1. The van der Waals surface area contributed by atoms with E-state index >= 15 is 0 Å². The van der Waals surface area contributed by atoms with Gasteiger partial charge in [0, 0.05) is 54.8 Å². The lowest BCUT2D eigenvalue weighted by molar-refractivity contribution is -0.135. The van der Waals surface area contributed by atoms with Gasteiger partial charge in [0.25, 0.3) is 11.7 Å². The minimum atomic E-state index is -0.0221. The number of hydrogen-bond donors (Lipinski definition) is 0. The highest BCUT2D eigenvalue weighted by molar-refractivity contribution is 7.98. The molecule has 1 aliphatic heterocycles. The first-order chi connectivity index (χ1) is 15.3. The number of hydrogen-bond acceptors (Lipinski definition) is 6. The number of aromatic nitrogens is 4. The number of piperazine rings is 1. The van der Waals surface area contributed by atoms with Crippen molar-refractivity contribution in [3.8, 4) is 0 Å². The molecule has 1 saturated heterocycles. The molecular formula is C23H28N6O2S. The molecule has 3 aromatic rings. The summed E-state index contributed by atoms with van der Waals surface area (Å²) in [6.45, 7) is 10.00. The molecular weight excluding hydrogens is 424 g/mol. The number of nitrogens with zero attached hydrogens (tertiary/aromatic N) is 6. The summed E-state index contributed by atoms with van der Waals surface area (Å²) in [6, 6.07) is 9.65. The van der Waals surface area contributed by atoms with Gasteiger partial charge in [-0.3, -0.25) is 9.59 Å². The summed E-state index contributed by atoms with van der Waals surface area (Å²) in [4.78, 5) is 38.1. The Morgan fingerprint density at radius 1 is 1.03 bits per heavy atom. The third-order valence-electron chi connectivity index (χ3n) is 5.58. The average molecular weight is 453 g/mol. The van der Waals surface area contributed by atoms with Crippen LogP contribution >= 0.6 is 11.8 Å². The zero-order valence-corrected chi connectivity index (χ0v) is 19.7. The predicted octanol–water partition coefficient (Wildman–Crippen LogP) is 2.97.